The molecule has 1 atom stereocenters. The zero-order chi connectivity index (χ0) is 12.4. The fourth-order valence-electron chi connectivity index (χ4n) is 1.75. The van der Waals surface area contributed by atoms with Crippen LogP contribution >= 0.6 is 0 Å². The molecule has 0 saturated carbocycles. The van der Waals surface area contributed by atoms with Gasteiger partial charge in [-0.2, -0.15) is 0 Å². The molecule has 0 aromatic carbocycles. The zero-order valence-electron chi connectivity index (χ0n) is 11.3. The van der Waals surface area contributed by atoms with Crippen LogP contribution in [0.2, 0.25) is 0 Å². The molecule has 0 rings (SSSR count). The molecule has 0 aliphatic carbocycles. The number of nitrogens with zero attached hydrogens (tertiary/aromatic N) is 1. The van der Waals surface area contributed by atoms with Gasteiger partial charge in [0.05, 0.1) is 5.60 Å². The predicted octanol–water partition coefficient (Wildman–Crippen LogP) is 1.99. The van der Waals surface area contributed by atoms with Crippen LogP contribution in [0.1, 0.15) is 52.9 Å². The third-order valence-corrected chi connectivity index (χ3v) is 3.15. The molecule has 98 valence electrons. The first-order valence-corrected chi connectivity index (χ1v) is 6.70. The first-order valence-electron chi connectivity index (χ1n) is 6.70. The van der Waals surface area contributed by atoms with Gasteiger partial charge in [0, 0.05) is 6.54 Å². The van der Waals surface area contributed by atoms with E-state index in [-0.39, 0.29) is 0 Å². The van der Waals surface area contributed by atoms with Crippen LogP contribution in [-0.2, 0) is 0 Å². The Morgan fingerprint density at radius 3 is 2.25 bits per heavy atom. The van der Waals surface area contributed by atoms with Crippen LogP contribution < -0.4 is 5.73 Å². The fraction of sp³-hybridized carbons (Fsp3) is 1.00. The zero-order valence-corrected chi connectivity index (χ0v) is 11.3. The van der Waals surface area contributed by atoms with Gasteiger partial charge in [0.1, 0.15) is 0 Å². The Balaban J connectivity index is 3.55. The van der Waals surface area contributed by atoms with Gasteiger partial charge in [-0.05, 0) is 52.2 Å². The highest BCUT2D eigenvalue weighted by Crippen LogP contribution is 2.12. The normalized spacial score (nSPS) is 15.4. The summed E-state index contributed by atoms with van der Waals surface area (Å²) in [5, 5.41) is 9.75. The molecule has 0 spiro atoms. The van der Waals surface area contributed by atoms with Gasteiger partial charge >= 0.3 is 0 Å². The maximum Gasteiger partial charge on any atom is 0.0741 e. The van der Waals surface area contributed by atoms with E-state index in [9.17, 15) is 5.11 Å². The molecule has 0 aromatic rings. The van der Waals surface area contributed by atoms with E-state index in [1.807, 2.05) is 6.92 Å². The van der Waals surface area contributed by atoms with E-state index >= 15 is 0 Å². The number of nitrogens with two attached hydrogens (primary N) is 1. The summed E-state index contributed by atoms with van der Waals surface area (Å²) >= 11 is 0. The molecule has 3 N–H and O–H groups in total. The molecule has 0 fully saturated rings. The van der Waals surface area contributed by atoms with Crippen LogP contribution in [0.4, 0.5) is 0 Å². The van der Waals surface area contributed by atoms with Gasteiger partial charge in [-0.25, -0.2) is 0 Å². The maximum absolute atomic E-state index is 9.75. The lowest BCUT2D eigenvalue weighted by Crippen LogP contribution is -2.34. The van der Waals surface area contributed by atoms with Crippen molar-refractivity contribution in [2.75, 3.05) is 26.2 Å². The Morgan fingerprint density at radius 1 is 1.12 bits per heavy atom. The van der Waals surface area contributed by atoms with Gasteiger partial charge in [0.15, 0.2) is 0 Å². The summed E-state index contributed by atoms with van der Waals surface area (Å²) in [6.45, 7) is 10.1. The van der Waals surface area contributed by atoms with Gasteiger partial charge in [-0.3, -0.25) is 0 Å². The fourth-order valence-corrected chi connectivity index (χ4v) is 1.75. The molecule has 0 heterocycles. The highest BCUT2D eigenvalue weighted by Gasteiger charge is 2.16. The van der Waals surface area contributed by atoms with Crippen molar-refractivity contribution in [2.24, 2.45) is 5.73 Å². The highest BCUT2D eigenvalue weighted by atomic mass is 16.3. The van der Waals surface area contributed by atoms with Crippen molar-refractivity contribution in [1.82, 2.24) is 4.90 Å². The van der Waals surface area contributed by atoms with Crippen molar-refractivity contribution < 1.29 is 5.11 Å². The molecule has 3 nitrogen and oxygen atoms in total. The van der Waals surface area contributed by atoms with Crippen molar-refractivity contribution in [3.05, 3.63) is 0 Å². The minimum atomic E-state index is -0.666. The van der Waals surface area contributed by atoms with Crippen molar-refractivity contribution in [2.45, 2.75) is 58.5 Å². The quantitative estimate of drug-likeness (QED) is 0.564. The molecule has 0 aliphatic heterocycles. The van der Waals surface area contributed by atoms with E-state index in [2.05, 4.69) is 18.7 Å². The molecule has 0 radical (unpaired) electrons. The first-order chi connectivity index (χ1) is 7.55. The lowest BCUT2D eigenvalue weighted by atomic mass is 9.99. The number of unbranched alkanes of at least 4 members (excludes halogenated alkanes) is 2. The highest BCUT2D eigenvalue weighted by molar-refractivity contribution is 4.73. The Labute approximate surface area is 101 Å². The summed E-state index contributed by atoms with van der Waals surface area (Å²) in [4.78, 5) is 2.49. The van der Waals surface area contributed by atoms with E-state index in [4.69, 9.17) is 5.73 Å². The van der Waals surface area contributed by atoms with Crippen molar-refractivity contribution >= 4 is 0 Å². The maximum atomic E-state index is 9.75. The third kappa shape index (κ3) is 8.08. The topological polar surface area (TPSA) is 49.5 Å². The molecule has 0 amide bonds. The van der Waals surface area contributed by atoms with Gasteiger partial charge in [-0.1, -0.05) is 20.3 Å². The van der Waals surface area contributed by atoms with Crippen molar-refractivity contribution in [3.8, 4) is 0 Å². The largest absolute Gasteiger partial charge is 0.389 e. The molecule has 16 heavy (non-hydrogen) atoms. The van der Waals surface area contributed by atoms with E-state index in [0.717, 1.165) is 32.4 Å². The second-order valence-electron chi connectivity index (χ2n) is 4.95. The van der Waals surface area contributed by atoms with Crippen LogP contribution in [-0.4, -0.2) is 41.8 Å². The number of rotatable bonds is 10. The molecule has 3 heteroatoms. The smallest absolute Gasteiger partial charge is 0.0741 e. The second kappa shape index (κ2) is 8.97. The van der Waals surface area contributed by atoms with E-state index < -0.39 is 5.60 Å². The SMILES string of the molecule is CCCCN(CC)CCCCC(C)(O)CN. The number of aliphatic hydroxyl groups is 1. The average molecular weight is 230 g/mol. The van der Waals surface area contributed by atoms with Crippen LogP contribution in [0.15, 0.2) is 0 Å². The summed E-state index contributed by atoms with van der Waals surface area (Å²) in [6.07, 6.45) is 5.59. The lowest BCUT2D eigenvalue weighted by Gasteiger charge is -2.23. The van der Waals surface area contributed by atoms with Crippen LogP contribution in [0.25, 0.3) is 0 Å². The van der Waals surface area contributed by atoms with Gasteiger partial charge < -0.3 is 15.7 Å². The summed E-state index contributed by atoms with van der Waals surface area (Å²) < 4.78 is 0. The Bertz CT molecular complexity index is 160. The second-order valence-corrected chi connectivity index (χ2v) is 4.95. The average Bonchev–Trinajstić information content (AvgIpc) is 2.28. The van der Waals surface area contributed by atoms with Crippen LogP contribution in [0.3, 0.4) is 0 Å². The molecule has 0 bridgehead atoms. The summed E-state index contributed by atoms with van der Waals surface area (Å²) in [5.41, 5.74) is 4.81. The summed E-state index contributed by atoms with van der Waals surface area (Å²) in [6, 6.07) is 0. The molecular weight excluding hydrogens is 200 g/mol. The Morgan fingerprint density at radius 2 is 1.75 bits per heavy atom. The first kappa shape index (κ1) is 15.9. The number of hydrogen-bond acceptors (Lipinski definition) is 3. The van der Waals surface area contributed by atoms with E-state index in [1.54, 1.807) is 0 Å². The van der Waals surface area contributed by atoms with Gasteiger partial charge in [-0.15, -0.1) is 0 Å². The standard InChI is InChI=1S/C13H30N2O/c1-4-6-10-15(5-2)11-8-7-9-13(3,16)12-14/h16H,4-12,14H2,1-3H3. The summed E-state index contributed by atoms with van der Waals surface area (Å²) in [7, 11) is 0. The molecular formula is C13H30N2O. The van der Waals surface area contributed by atoms with Crippen LogP contribution in [0.5, 0.6) is 0 Å². The van der Waals surface area contributed by atoms with Crippen LogP contribution in [0, 0.1) is 0 Å². The minimum Gasteiger partial charge on any atom is -0.389 e. The lowest BCUT2D eigenvalue weighted by molar-refractivity contribution is 0.0564. The molecule has 0 aliphatic rings. The predicted molar refractivity (Wildman–Crippen MR) is 70.6 cm³/mol. The Hall–Kier alpha value is -0.120. The third-order valence-electron chi connectivity index (χ3n) is 3.15. The molecule has 1 unspecified atom stereocenters. The molecule has 0 saturated heterocycles. The minimum absolute atomic E-state index is 0.361. The Kier molecular flexibility index (Phi) is 8.90. The molecule has 0 aromatic heterocycles. The van der Waals surface area contributed by atoms with Gasteiger partial charge in [0.2, 0.25) is 0 Å². The monoisotopic (exact) mass is 230 g/mol. The van der Waals surface area contributed by atoms with Crippen molar-refractivity contribution in [3.63, 3.8) is 0 Å². The van der Waals surface area contributed by atoms with Gasteiger partial charge in [0.25, 0.3) is 0 Å². The van der Waals surface area contributed by atoms with E-state index in [1.165, 1.54) is 19.4 Å². The number of hydrogen-bond donors (Lipinski definition) is 2. The van der Waals surface area contributed by atoms with E-state index in [0.29, 0.717) is 6.54 Å². The summed E-state index contributed by atoms with van der Waals surface area (Å²) in [5.74, 6) is 0. The van der Waals surface area contributed by atoms with Crippen molar-refractivity contribution in [1.29, 1.82) is 0 Å².